The molecular formula is C11H23N3O2. The second kappa shape index (κ2) is 7.22. The summed E-state index contributed by atoms with van der Waals surface area (Å²) in [6.07, 6.45) is 0. The first-order valence-electron chi connectivity index (χ1n) is 5.64. The second-order valence-corrected chi connectivity index (χ2v) is 4.69. The largest absolute Gasteiger partial charge is 0.354 e. The van der Waals surface area contributed by atoms with E-state index in [0.717, 1.165) is 0 Å². The molecule has 0 unspecified atom stereocenters. The zero-order chi connectivity index (χ0) is 12.7. The Kier molecular flexibility index (Phi) is 6.72. The number of rotatable bonds is 6. The van der Waals surface area contributed by atoms with Gasteiger partial charge in [-0.3, -0.25) is 9.59 Å². The lowest BCUT2D eigenvalue weighted by Crippen LogP contribution is -2.47. The molecule has 0 aromatic rings. The first-order chi connectivity index (χ1) is 7.34. The van der Waals surface area contributed by atoms with Crippen molar-refractivity contribution < 1.29 is 9.59 Å². The molecule has 94 valence electrons. The molecule has 0 rings (SSSR count). The first kappa shape index (κ1) is 14.9. The highest BCUT2D eigenvalue weighted by Gasteiger charge is 2.17. The van der Waals surface area contributed by atoms with Gasteiger partial charge in [0.1, 0.15) is 0 Å². The maximum atomic E-state index is 11.4. The molecule has 0 heterocycles. The Labute approximate surface area is 97.2 Å². The fourth-order valence-corrected chi connectivity index (χ4v) is 0.968. The van der Waals surface area contributed by atoms with Gasteiger partial charge < -0.3 is 16.4 Å². The van der Waals surface area contributed by atoms with Gasteiger partial charge in [-0.25, -0.2) is 0 Å². The third kappa shape index (κ3) is 6.40. The summed E-state index contributed by atoms with van der Waals surface area (Å²) in [5.74, 6) is 0.00370. The van der Waals surface area contributed by atoms with Gasteiger partial charge in [0.05, 0.1) is 12.6 Å². The third-order valence-electron chi connectivity index (χ3n) is 2.15. The van der Waals surface area contributed by atoms with E-state index < -0.39 is 6.04 Å². The maximum absolute atomic E-state index is 11.4. The monoisotopic (exact) mass is 229 g/mol. The highest BCUT2D eigenvalue weighted by atomic mass is 16.2. The lowest BCUT2D eigenvalue weighted by molar-refractivity contribution is -0.127. The maximum Gasteiger partial charge on any atom is 0.239 e. The molecule has 4 N–H and O–H groups in total. The average molecular weight is 229 g/mol. The molecule has 1 atom stereocenters. The van der Waals surface area contributed by atoms with E-state index in [1.54, 1.807) is 0 Å². The Morgan fingerprint density at radius 3 is 2.12 bits per heavy atom. The molecule has 2 amide bonds. The Bertz CT molecular complexity index is 239. The predicted octanol–water partition coefficient (Wildman–Crippen LogP) is -0.142. The average Bonchev–Trinajstić information content (AvgIpc) is 2.21. The van der Waals surface area contributed by atoms with Crippen LogP contribution in [-0.4, -0.2) is 30.9 Å². The zero-order valence-electron chi connectivity index (χ0n) is 10.5. The normalized spacial score (nSPS) is 12.7. The van der Waals surface area contributed by atoms with Crippen molar-refractivity contribution in [1.82, 2.24) is 10.6 Å². The van der Waals surface area contributed by atoms with Crippen LogP contribution in [0.25, 0.3) is 0 Å². The standard InChI is InChI=1S/C11H23N3O2/c1-7(2)5-13-9(15)6-14-11(16)10(12)8(3)4/h7-8,10H,5-6,12H2,1-4H3,(H,13,15)(H,14,16)/t10-/m0/s1. The first-order valence-corrected chi connectivity index (χ1v) is 5.64. The van der Waals surface area contributed by atoms with Crippen LogP contribution in [-0.2, 0) is 9.59 Å². The van der Waals surface area contributed by atoms with Gasteiger partial charge in [0, 0.05) is 6.54 Å². The number of nitrogens with one attached hydrogen (secondary N) is 2. The summed E-state index contributed by atoms with van der Waals surface area (Å²) in [4.78, 5) is 22.7. The van der Waals surface area contributed by atoms with Crippen LogP contribution in [0, 0.1) is 11.8 Å². The SMILES string of the molecule is CC(C)CNC(=O)CNC(=O)[C@@H](N)C(C)C. The molecule has 16 heavy (non-hydrogen) atoms. The molecule has 0 radical (unpaired) electrons. The van der Waals surface area contributed by atoms with Gasteiger partial charge in [-0.05, 0) is 11.8 Å². The molecule has 0 aliphatic heterocycles. The topological polar surface area (TPSA) is 84.2 Å². The van der Waals surface area contributed by atoms with Crippen LogP contribution in [0.2, 0.25) is 0 Å². The fraction of sp³-hybridized carbons (Fsp3) is 0.818. The summed E-state index contributed by atoms with van der Waals surface area (Å²) >= 11 is 0. The minimum Gasteiger partial charge on any atom is -0.354 e. The van der Waals surface area contributed by atoms with Gasteiger partial charge >= 0.3 is 0 Å². The van der Waals surface area contributed by atoms with Gasteiger partial charge in [0.2, 0.25) is 11.8 Å². The number of hydrogen-bond acceptors (Lipinski definition) is 3. The van der Waals surface area contributed by atoms with E-state index in [-0.39, 0.29) is 24.3 Å². The fourth-order valence-electron chi connectivity index (χ4n) is 0.968. The smallest absolute Gasteiger partial charge is 0.239 e. The number of nitrogens with two attached hydrogens (primary N) is 1. The van der Waals surface area contributed by atoms with Crippen LogP contribution >= 0.6 is 0 Å². The van der Waals surface area contributed by atoms with Crippen LogP contribution in [0.15, 0.2) is 0 Å². The Morgan fingerprint density at radius 2 is 1.69 bits per heavy atom. The molecule has 0 aromatic carbocycles. The van der Waals surface area contributed by atoms with Crippen molar-refractivity contribution in [2.45, 2.75) is 33.7 Å². The van der Waals surface area contributed by atoms with Crippen molar-refractivity contribution in [2.75, 3.05) is 13.1 Å². The quantitative estimate of drug-likeness (QED) is 0.592. The number of hydrogen-bond donors (Lipinski definition) is 3. The van der Waals surface area contributed by atoms with E-state index in [9.17, 15) is 9.59 Å². The summed E-state index contributed by atoms with van der Waals surface area (Å²) in [5, 5.41) is 5.22. The Morgan fingerprint density at radius 1 is 1.12 bits per heavy atom. The highest BCUT2D eigenvalue weighted by Crippen LogP contribution is 1.97. The van der Waals surface area contributed by atoms with Gasteiger partial charge in [-0.2, -0.15) is 0 Å². The lowest BCUT2D eigenvalue weighted by Gasteiger charge is -2.15. The van der Waals surface area contributed by atoms with E-state index in [1.165, 1.54) is 0 Å². The van der Waals surface area contributed by atoms with Crippen LogP contribution in [0.4, 0.5) is 0 Å². The van der Waals surface area contributed by atoms with Crippen molar-refractivity contribution >= 4 is 11.8 Å². The number of carbonyl (C=O) groups is 2. The van der Waals surface area contributed by atoms with Crippen molar-refractivity contribution in [3.63, 3.8) is 0 Å². The summed E-state index contributed by atoms with van der Waals surface area (Å²) in [6, 6.07) is -0.558. The molecule has 0 bridgehead atoms. The molecular weight excluding hydrogens is 206 g/mol. The Balaban J connectivity index is 3.79. The van der Waals surface area contributed by atoms with Crippen LogP contribution in [0.3, 0.4) is 0 Å². The number of amides is 2. The minimum absolute atomic E-state index is 0.00796. The second-order valence-electron chi connectivity index (χ2n) is 4.69. The van der Waals surface area contributed by atoms with Crippen LogP contribution in [0.1, 0.15) is 27.7 Å². The Hall–Kier alpha value is -1.10. The van der Waals surface area contributed by atoms with E-state index in [1.807, 2.05) is 27.7 Å². The van der Waals surface area contributed by atoms with Crippen molar-refractivity contribution in [3.05, 3.63) is 0 Å². The summed E-state index contributed by atoms with van der Waals surface area (Å²) in [6.45, 7) is 8.35. The number of carbonyl (C=O) groups excluding carboxylic acids is 2. The predicted molar refractivity (Wildman–Crippen MR) is 63.7 cm³/mol. The van der Waals surface area contributed by atoms with Gasteiger partial charge in [-0.1, -0.05) is 27.7 Å². The van der Waals surface area contributed by atoms with E-state index in [0.29, 0.717) is 12.5 Å². The molecule has 0 fully saturated rings. The van der Waals surface area contributed by atoms with Gasteiger partial charge in [-0.15, -0.1) is 0 Å². The molecule has 0 saturated carbocycles. The molecule has 5 heteroatoms. The molecule has 0 aliphatic rings. The molecule has 0 saturated heterocycles. The van der Waals surface area contributed by atoms with E-state index in [2.05, 4.69) is 10.6 Å². The summed E-state index contributed by atoms with van der Waals surface area (Å²) in [5.41, 5.74) is 5.62. The van der Waals surface area contributed by atoms with Gasteiger partial charge in [0.15, 0.2) is 0 Å². The van der Waals surface area contributed by atoms with Crippen LogP contribution < -0.4 is 16.4 Å². The van der Waals surface area contributed by atoms with E-state index >= 15 is 0 Å². The van der Waals surface area contributed by atoms with Crippen LogP contribution in [0.5, 0.6) is 0 Å². The minimum atomic E-state index is -0.558. The van der Waals surface area contributed by atoms with Crippen molar-refractivity contribution in [1.29, 1.82) is 0 Å². The van der Waals surface area contributed by atoms with E-state index in [4.69, 9.17) is 5.73 Å². The van der Waals surface area contributed by atoms with Crippen molar-refractivity contribution in [3.8, 4) is 0 Å². The van der Waals surface area contributed by atoms with Crippen molar-refractivity contribution in [2.24, 2.45) is 17.6 Å². The summed E-state index contributed by atoms with van der Waals surface area (Å²) in [7, 11) is 0. The summed E-state index contributed by atoms with van der Waals surface area (Å²) < 4.78 is 0. The van der Waals surface area contributed by atoms with Gasteiger partial charge in [0.25, 0.3) is 0 Å². The highest BCUT2D eigenvalue weighted by molar-refractivity contribution is 5.87. The lowest BCUT2D eigenvalue weighted by atomic mass is 10.1. The molecule has 0 spiro atoms. The molecule has 5 nitrogen and oxygen atoms in total. The molecule has 0 aromatic heterocycles. The zero-order valence-corrected chi connectivity index (χ0v) is 10.5. The molecule has 0 aliphatic carbocycles. The third-order valence-corrected chi connectivity index (χ3v) is 2.15.